The minimum atomic E-state index is -0.316. The fourth-order valence-electron chi connectivity index (χ4n) is 1.39. The van der Waals surface area contributed by atoms with Gasteiger partial charge in [0.1, 0.15) is 0 Å². The van der Waals surface area contributed by atoms with E-state index in [-0.39, 0.29) is 17.7 Å². The maximum atomic E-state index is 11.2. The van der Waals surface area contributed by atoms with Gasteiger partial charge >= 0.3 is 0 Å². The summed E-state index contributed by atoms with van der Waals surface area (Å²) in [5.41, 5.74) is 0. The van der Waals surface area contributed by atoms with Gasteiger partial charge in [0, 0.05) is 12.6 Å². The summed E-state index contributed by atoms with van der Waals surface area (Å²) in [6.45, 7) is 6.60. The second-order valence-corrected chi connectivity index (χ2v) is 3.75. The summed E-state index contributed by atoms with van der Waals surface area (Å²) in [4.78, 5) is 24.3. The van der Waals surface area contributed by atoms with Crippen LogP contribution < -0.4 is 5.32 Å². The molecule has 0 saturated carbocycles. The largest absolute Gasteiger partial charge is 0.344 e. The van der Waals surface area contributed by atoms with Crippen LogP contribution in [0.3, 0.4) is 0 Å². The summed E-state index contributed by atoms with van der Waals surface area (Å²) in [6.07, 6.45) is 0. The number of hydrogen-bond donors (Lipinski definition) is 1. The zero-order valence-corrected chi connectivity index (χ0v) is 8.33. The normalized spacial score (nSPS) is 24.6. The Balaban J connectivity index is 2.63. The minimum absolute atomic E-state index is 0.0266. The van der Waals surface area contributed by atoms with Gasteiger partial charge in [-0.05, 0) is 20.8 Å². The number of carbonyl (C=O) groups is 2. The van der Waals surface area contributed by atoms with E-state index in [1.807, 2.05) is 18.7 Å². The smallest absolute Gasteiger partial charge is 0.234 e. The molecule has 1 fully saturated rings. The Bertz CT molecular complexity index is 226. The van der Waals surface area contributed by atoms with Crippen LogP contribution in [0.15, 0.2) is 0 Å². The number of Topliss-reactive ketones (excluding diaryl/α,β-unsaturated/α-hetero) is 1. The lowest BCUT2D eigenvalue weighted by atomic mass is 10.1. The third-order valence-corrected chi connectivity index (χ3v) is 2.32. The van der Waals surface area contributed by atoms with Crippen LogP contribution in [0.5, 0.6) is 0 Å². The van der Waals surface area contributed by atoms with Gasteiger partial charge in [-0.2, -0.15) is 0 Å². The molecule has 1 N–H and O–H groups in total. The van der Waals surface area contributed by atoms with Crippen LogP contribution in [-0.4, -0.2) is 41.8 Å². The van der Waals surface area contributed by atoms with Crippen LogP contribution in [0, 0.1) is 0 Å². The summed E-state index contributed by atoms with van der Waals surface area (Å²) in [6, 6.07) is -0.00319. The molecule has 1 aliphatic heterocycles. The van der Waals surface area contributed by atoms with Crippen molar-refractivity contribution in [3.05, 3.63) is 0 Å². The number of ketones is 1. The van der Waals surface area contributed by atoms with Gasteiger partial charge in [0.05, 0.1) is 12.6 Å². The standard InChI is InChI=1S/C9H16N2O2/c1-6(2)11-4-8(7(3)12)10-9(13)5-11/h6,8H,4-5H2,1-3H3,(H,10,13). The molecule has 0 aromatic heterocycles. The van der Waals surface area contributed by atoms with Crippen LogP contribution in [0.2, 0.25) is 0 Å². The number of nitrogens with zero attached hydrogens (tertiary/aromatic N) is 1. The number of nitrogens with one attached hydrogen (secondary N) is 1. The zero-order chi connectivity index (χ0) is 10.0. The molecule has 1 heterocycles. The van der Waals surface area contributed by atoms with E-state index >= 15 is 0 Å². The van der Waals surface area contributed by atoms with Crippen LogP contribution in [0.4, 0.5) is 0 Å². The maximum Gasteiger partial charge on any atom is 0.234 e. The van der Waals surface area contributed by atoms with Gasteiger partial charge in [-0.3, -0.25) is 14.5 Å². The number of piperazine rings is 1. The van der Waals surface area contributed by atoms with E-state index in [0.29, 0.717) is 19.1 Å². The Morgan fingerprint density at radius 3 is 2.69 bits per heavy atom. The summed E-state index contributed by atoms with van der Waals surface area (Å²) in [5.74, 6) is -0.0288. The quantitative estimate of drug-likeness (QED) is 0.645. The number of hydrogen-bond acceptors (Lipinski definition) is 3. The average Bonchev–Trinajstić information content (AvgIpc) is 2.03. The molecule has 4 heteroatoms. The molecule has 4 nitrogen and oxygen atoms in total. The number of rotatable bonds is 2. The van der Waals surface area contributed by atoms with Crippen molar-refractivity contribution >= 4 is 11.7 Å². The first-order chi connectivity index (χ1) is 6.00. The summed E-state index contributed by atoms with van der Waals surface area (Å²) < 4.78 is 0. The molecule has 1 aliphatic rings. The van der Waals surface area contributed by atoms with Crippen LogP contribution in [0.25, 0.3) is 0 Å². The Labute approximate surface area is 78.3 Å². The van der Waals surface area contributed by atoms with Crippen molar-refractivity contribution in [2.75, 3.05) is 13.1 Å². The lowest BCUT2D eigenvalue weighted by molar-refractivity contribution is -0.132. The predicted molar refractivity (Wildman–Crippen MR) is 49.3 cm³/mol. The maximum absolute atomic E-state index is 11.2. The van der Waals surface area contributed by atoms with Crippen molar-refractivity contribution in [3.8, 4) is 0 Å². The van der Waals surface area contributed by atoms with Crippen molar-refractivity contribution in [1.29, 1.82) is 0 Å². The molecule has 0 aliphatic carbocycles. The molecule has 1 amide bonds. The molecule has 1 saturated heterocycles. The number of amides is 1. The molecule has 0 aromatic rings. The van der Waals surface area contributed by atoms with E-state index in [0.717, 1.165) is 0 Å². The van der Waals surface area contributed by atoms with Crippen LogP contribution >= 0.6 is 0 Å². The monoisotopic (exact) mass is 184 g/mol. The molecule has 0 radical (unpaired) electrons. The lowest BCUT2D eigenvalue weighted by Gasteiger charge is -2.34. The molecule has 1 atom stereocenters. The molecular formula is C9H16N2O2. The van der Waals surface area contributed by atoms with Crippen molar-refractivity contribution in [3.63, 3.8) is 0 Å². The third kappa shape index (κ3) is 2.52. The second kappa shape index (κ2) is 3.87. The first-order valence-electron chi connectivity index (χ1n) is 4.54. The highest BCUT2D eigenvalue weighted by Gasteiger charge is 2.28. The molecule has 0 bridgehead atoms. The van der Waals surface area contributed by atoms with Gasteiger partial charge in [0.2, 0.25) is 5.91 Å². The first-order valence-corrected chi connectivity index (χ1v) is 4.54. The molecule has 0 aromatic carbocycles. The Kier molecular flexibility index (Phi) is 3.03. The Hall–Kier alpha value is -0.900. The summed E-state index contributed by atoms with van der Waals surface area (Å²) in [5, 5.41) is 2.67. The van der Waals surface area contributed by atoms with Gasteiger partial charge in [-0.1, -0.05) is 0 Å². The minimum Gasteiger partial charge on any atom is -0.344 e. The Morgan fingerprint density at radius 1 is 1.62 bits per heavy atom. The molecule has 1 unspecified atom stereocenters. The summed E-state index contributed by atoms with van der Waals surface area (Å²) in [7, 11) is 0. The van der Waals surface area contributed by atoms with Gasteiger partial charge < -0.3 is 5.32 Å². The van der Waals surface area contributed by atoms with Gasteiger partial charge in [-0.25, -0.2) is 0 Å². The van der Waals surface area contributed by atoms with Gasteiger partial charge in [0.25, 0.3) is 0 Å². The molecule has 1 rings (SSSR count). The zero-order valence-electron chi connectivity index (χ0n) is 8.33. The fraction of sp³-hybridized carbons (Fsp3) is 0.778. The SMILES string of the molecule is CC(=O)C1CN(C(C)C)CC(=O)N1. The second-order valence-electron chi connectivity index (χ2n) is 3.75. The van der Waals surface area contributed by atoms with Crippen LogP contribution in [0.1, 0.15) is 20.8 Å². The molecular weight excluding hydrogens is 168 g/mol. The number of carbonyl (C=O) groups excluding carboxylic acids is 2. The molecule has 74 valence electrons. The van der Waals surface area contributed by atoms with Gasteiger partial charge in [0.15, 0.2) is 5.78 Å². The highest BCUT2D eigenvalue weighted by molar-refractivity contribution is 5.89. The van der Waals surface area contributed by atoms with E-state index in [1.165, 1.54) is 6.92 Å². The van der Waals surface area contributed by atoms with Crippen LogP contribution in [-0.2, 0) is 9.59 Å². The predicted octanol–water partition coefficient (Wildman–Crippen LogP) is -0.216. The topological polar surface area (TPSA) is 49.4 Å². The van der Waals surface area contributed by atoms with E-state index in [1.54, 1.807) is 0 Å². The fourth-order valence-corrected chi connectivity index (χ4v) is 1.39. The highest BCUT2D eigenvalue weighted by atomic mass is 16.2. The van der Waals surface area contributed by atoms with Crippen molar-refractivity contribution in [2.45, 2.75) is 32.9 Å². The van der Waals surface area contributed by atoms with E-state index < -0.39 is 0 Å². The Morgan fingerprint density at radius 2 is 2.23 bits per heavy atom. The van der Waals surface area contributed by atoms with E-state index in [2.05, 4.69) is 5.32 Å². The van der Waals surface area contributed by atoms with Crippen molar-refractivity contribution in [1.82, 2.24) is 10.2 Å². The average molecular weight is 184 g/mol. The highest BCUT2D eigenvalue weighted by Crippen LogP contribution is 2.05. The van der Waals surface area contributed by atoms with E-state index in [9.17, 15) is 9.59 Å². The third-order valence-electron chi connectivity index (χ3n) is 2.32. The molecule has 13 heavy (non-hydrogen) atoms. The molecule has 0 spiro atoms. The van der Waals surface area contributed by atoms with Crippen molar-refractivity contribution in [2.24, 2.45) is 0 Å². The van der Waals surface area contributed by atoms with E-state index in [4.69, 9.17) is 0 Å². The van der Waals surface area contributed by atoms with Gasteiger partial charge in [-0.15, -0.1) is 0 Å². The lowest BCUT2D eigenvalue weighted by Crippen LogP contribution is -2.58. The van der Waals surface area contributed by atoms with Crippen molar-refractivity contribution < 1.29 is 9.59 Å². The summed E-state index contributed by atoms with van der Waals surface area (Å²) >= 11 is 0. The first kappa shape index (κ1) is 10.2.